The molecule has 0 amide bonds. The van der Waals surface area contributed by atoms with Crippen LogP contribution in [0.4, 0.5) is 0 Å². The molecule has 2 aromatic carbocycles. The van der Waals surface area contributed by atoms with E-state index in [0.29, 0.717) is 6.04 Å². The third-order valence-corrected chi connectivity index (χ3v) is 4.07. The maximum atomic E-state index is 5.97. The van der Waals surface area contributed by atoms with Crippen LogP contribution >= 0.6 is 0 Å². The van der Waals surface area contributed by atoms with E-state index in [9.17, 15) is 0 Å². The minimum Gasteiger partial charge on any atom is -0.497 e. The summed E-state index contributed by atoms with van der Waals surface area (Å²) < 4.78 is 11.1. The molecule has 110 valence electrons. The Bertz CT molecular complexity index is 562. The lowest BCUT2D eigenvalue weighted by molar-refractivity contribution is -0.00524. The van der Waals surface area contributed by atoms with Crippen molar-refractivity contribution in [3.63, 3.8) is 0 Å². The first-order valence-electron chi connectivity index (χ1n) is 7.36. The lowest BCUT2D eigenvalue weighted by atomic mass is 10.0. The highest BCUT2D eigenvalue weighted by Crippen LogP contribution is 2.28. The molecule has 0 aromatic heterocycles. The molecule has 1 saturated heterocycles. The maximum absolute atomic E-state index is 5.97. The summed E-state index contributed by atoms with van der Waals surface area (Å²) in [4.78, 5) is 2.43. The van der Waals surface area contributed by atoms with Gasteiger partial charge in [-0.2, -0.15) is 0 Å². The molecule has 1 heterocycles. The average molecular weight is 283 g/mol. The Kier molecular flexibility index (Phi) is 4.11. The normalized spacial score (nSPS) is 17.0. The number of likely N-dealkylation sites (tertiary alicyclic amines) is 1. The van der Waals surface area contributed by atoms with Crippen LogP contribution in [0.3, 0.4) is 0 Å². The van der Waals surface area contributed by atoms with Crippen LogP contribution < -0.4 is 9.47 Å². The van der Waals surface area contributed by atoms with Crippen molar-refractivity contribution < 1.29 is 9.47 Å². The summed E-state index contributed by atoms with van der Waals surface area (Å²) in [7, 11) is 1.67. The first-order chi connectivity index (χ1) is 10.3. The first-order valence-corrected chi connectivity index (χ1v) is 7.36. The molecule has 0 aliphatic carbocycles. The molecule has 21 heavy (non-hydrogen) atoms. The number of hydrogen-bond acceptors (Lipinski definition) is 3. The van der Waals surface area contributed by atoms with Crippen molar-refractivity contribution in [3.05, 3.63) is 60.2 Å². The SMILES string of the molecule is COc1ccc(OC2CN(C(C)c3ccccc3)C2)cc1. The van der Waals surface area contributed by atoms with Crippen molar-refractivity contribution >= 4 is 0 Å². The largest absolute Gasteiger partial charge is 0.497 e. The van der Waals surface area contributed by atoms with Gasteiger partial charge in [0.1, 0.15) is 17.6 Å². The van der Waals surface area contributed by atoms with E-state index in [-0.39, 0.29) is 6.10 Å². The summed E-state index contributed by atoms with van der Waals surface area (Å²) >= 11 is 0. The fourth-order valence-electron chi connectivity index (χ4n) is 2.65. The molecule has 0 saturated carbocycles. The van der Waals surface area contributed by atoms with Gasteiger partial charge < -0.3 is 9.47 Å². The third-order valence-electron chi connectivity index (χ3n) is 4.07. The summed E-state index contributed by atoms with van der Waals surface area (Å²) in [5.74, 6) is 1.77. The Labute approximate surface area is 126 Å². The van der Waals surface area contributed by atoms with E-state index in [4.69, 9.17) is 9.47 Å². The summed E-state index contributed by atoms with van der Waals surface area (Å²) in [6.45, 7) is 4.20. The topological polar surface area (TPSA) is 21.7 Å². The zero-order chi connectivity index (χ0) is 14.7. The Morgan fingerprint density at radius 3 is 2.19 bits per heavy atom. The van der Waals surface area contributed by atoms with Gasteiger partial charge in [-0.15, -0.1) is 0 Å². The highest BCUT2D eigenvalue weighted by atomic mass is 16.5. The van der Waals surface area contributed by atoms with E-state index in [1.165, 1.54) is 5.56 Å². The molecule has 1 fully saturated rings. The number of methoxy groups -OCH3 is 1. The molecule has 0 spiro atoms. The van der Waals surface area contributed by atoms with E-state index in [1.54, 1.807) is 7.11 Å². The molecule has 3 heteroatoms. The highest BCUT2D eigenvalue weighted by molar-refractivity contribution is 5.31. The molecular formula is C18H21NO2. The minimum atomic E-state index is 0.282. The van der Waals surface area contributed by atoms with E-state index in [0.717, 1.165) is 24.6 Å². The lowest BCUT2D eigenvalue weighted by Gasteiger charge is -2.43. The van der Waals surface area contributed by atoms with Crippen molar-refractivity contribution in [2.45, 2.75) is 19.1 Å². The summed E-state index contributed by atoms with van der Waals surface area (Å²) in [5, 5.41) is 0. The predicted octanol–water partition coefficient (Wildman–Crippen LogP) is 3.52. The van der Waals surface area contributed by atoms with Crippen LogP contribution in [0.1, 0.15) is 18.5 Å². The molecule has 1 aliphatic rings. The van der Waals surface area contributed by atoms with Gasteiger partial charge >= 0.3 is 0 Å². The lowest BCUT2D eigenvalue weighted by Crippen LogP contribution is -2.54. The standard InChI is InChI=1S/C18H21NO2/c1-14(15-6-4-3-5-7-15)19-12-18(13-19)21-17-10-8-16(20-2)9-11-17/h3-11,14,18H,12-13H2,1-2H3. The van der Waals surface area contributed by atoms with Crippen molar-refractivity contribution in [3.8, 4) is 11.5 Å². The van der Waals surface area contributed by atoms with Crippen molar-refractivity contribution in [2.75, 3.05) is 20.2 Å². The van der Waals surface area contributed by atoms with Gasteiger partial charge in [-0.3, -0.25) is 4.90 Å². The molecule has 3 rings (SSSR count). The summed E-state index contributed by atoms with van der Waals surface area (Å²) in [6.07, 6.45) is 0.282. The first kappa shape index (κ1) is 14.0. The molecule has 2 aromatic rings. The van der Waals surface area contributed by atoms with Gasteiger partial charge in [-0.05, 0) is 36.8 Å². The van der Waals surface area contributed by atoms with Gasteiger partial charge in [0.05, 0.1) is 7.11 Å². The smallest absolute Gasteiger partial charge is 0.124 e. The van der Waals surface area contributed by atoms with E-state index < -0.39 is 0 Å². The molecular weight excluding hydrogens is 262 g/mol. The fourth-order valence-corrected chi connectivity index (χ4v) is 2.65. The third kappa shape index (κ3) is 3.19. The minimum absolute atomic E-state index is 0.282. The van der Waals surface area contributed by atoms with Crippen molar-refractivity contribution in [1.82, 2.24) is 4.90 Å². The predicted molar refractivity (Wildman–Crippen MR) is 83.8 cm³/mol. The summed E-state index contributed by atoms with van der Waals surface area (Å²) in [5.41, 5.74) is 1.36. The van der Waals surface area contributed by atoms with E-state index in [1.807, 2.05) is 24.3 Å². The molecule has 0 N–H and O–H groups in total. The number of nitrogens with zero attached hydrogens (tertiary/aromatic N) is 1. The van der Waals surface area contributed by atoms with Gasteiger partial charge in [-0.1, -0.05) is 30.3 Å². The monoisotopic (exact) mass is 283 g/mol. The number of rotatable bonds is 5. The molecule has 0 bridgehead atoms. The summed E-state index contributed by atoms with van der Waals surface area (Å²) in [6, 6.07) is 18.8. The molecule has 0 radical (unpaired) electrons. The van der Waals surface area contributed by atoms with E-state index in [2.05, 4.69) is 42.2 Å². The average Bonchev–Trinajstić information content (AvgIpc) is 2.51. The molecule has 3 nitrogen and oxygen atoms in total. The number of benzene rings is 2. The van der Waals surface area contributed by atoms with Crippen LogP contribution in [0.2, 0.25) is 0 Å². The molecule has 1 aliphatic heterocycles. The maximum Gasteiger partial charge on any atom is 0.124 e. The molecule has 1 unspecified atom stereocenters. The Morgan fingerprint density at radius 1 is 0.952 bits per heavy atom. The quantitative estimate of drug-likeness (QED) is 0.838. The van der Waals surface area contributed by atoms with Crippen molar-refractivity contribution in [2.24, 2.45) is 0 Å². The molecule has 1 atom stereocenters. The van der Waals surface area contributed by atoms with Gasteiger partial charge in [-0.25, -0.2) is 0 Å². The number of ether oxygens (including phenoxy) is 2. The van der Waals surface area contributed by atoms with Crippen LogP contribution in [0.5, 0.6) is 11.5 Å². The Balaban J connectivity index is 1.51. The van der Waals surface area contributed by atoms with Gasteiger partial charge in [0, 0.05) is 19.1 Å². The van der Waals surface area contributed by atoms with Crippen LogP contribution in [0, 0.1) is 0 Å². The van der Waals surface area contributed by atoms with Crippen LogP contribution in [-0.4, -0.2) is 31.2 Å². The second kappa shape index (κ2) is 6.19. The van der Waals surface area contributed by atoms with Crippen LogP contribution in [0.25, 0.3) is 0 Å². The number of hydrogen-bond donors (Lipinski definition) is 0. The second-order valence-corrected chi connectivity index (χ2v) is 5.46. The van der Waals surface area contributed by atoms with Gasteiger partial charge in [0.15, 0.2) is 0 Å². The second-order valence-electron chi connectivity index (χ2n) is 5.46. The Hall–Kier alpha value is -2.00. The zero-order valence-corrected chi connectivity index (χ0v) is 12.5. The van der Waals surface area contributed by atoms with Crippen LogP contribution in [0.15, 0.2) is 54.6 Å². The van der Waals surface area contributed by atoms with Crippen LogP contribution in [-0.2, 0) is 0 Å². The zero-order valence-electron chi connectivity index (χ0n) is 12.5. The highest BCUT2D eigenvalue weighted by Gasteiger charge is 2.32. The van der Waals surface area contributed by atoms with E-state index >= 15 is 0 Å². The van der Waals surface area contributed by atoms with Gasteiger partial charge in [0.2, 0.25) is 0 Å². The van der Waals surface area contributed by atoms with Crippen molar-refractivity contribution in [1.29, 1.82) is 0 Å². The fraction of sp³-hybridized carbons (Fsp3) is 0.333. The Morgan fingerprint density at radius 2 is 1.57 bits per heavy atom. The van der Waals surface area contributed by atoms with Gasteiger partial charge in [0.25, 0.3) is 0 Å².